The lowest BCUT2D eigenvalue weighted by atomic mass is 10.1. The van der Waals surface area contributed by atoms with E-state index in [4.69, 9.17) is 23.2 Å². The Morgan fingerprint density at radius 1 is 1.16 bits per heavy atom. The van der Waals surface area contributed by atoms with Crippen molar-refractivity contribution in [3.63, 3.8) is 0 Å². The van der Waals surface area contributed by atoms with Gasteiger partial charge in [0.2, 0.25) is 0 Å². The molecule has 2 rings (SSSR count). The maximum atomic E-state index is 12.1. The van der Waals surface area contributed by atoms with Crippen molar-refractivity contribution in [2.24, 2.45) is 0 Å². The van der Waals surface area contributed by atoms with Crippen molar-refractivity contribution in [1.29, 1.82) is 0 Å². The minimum atomic E-state index is -0.192. The summed E-state index contributed by atoms with van der Waals surface area (Å²) in [6, 6.07) is 10.3. The fraction of sp³-hybridized carbons (Fsp3) is 0.0714. The van der Waals surface area contributed by atoms with E-state index in [-0.39, 0.29) is 5.91 Å². The minimum absolute atomic E-state index is 0.192. The first-order chi connectivity index (χ1) is 8.97. The van der Waals surface area contributed by atoms with Crippen LogP contribution >= 0.6 is 39.1 Å². The number of aryl methyl sites for hydroxylation is 1. The van der Waals surface area contributed by atoms with E-state index in [1.165, 1.54) is 0 Å². The Labute approximate surface area is 129 Å². The molecule has 98 valence electrons. The smallest absolute Gasteiger partial charge is 0.255 e. The van der Waals surface area contributed by atoms with Gasteiger partial charge in [-0.2, -0.15) is 0 Å². The van der Waals surface area contributed by atoms with Gasteiger partial charge in [-0.05, 0) is 64.8 Å². The predicted molar refractivity (Wildman–Crippen MR) is 83.3 cm³/mol. The molecule has 0 bridgehead atoms. The van der Waals surface area contributed by atoms with Gasteiger partial charge in [0.05, 0.1) is 5.69 Å². The fourth-order valence-electron chi connectivity index (χ4n) is 1.57. The molecule has 0 atom stereocenters. The summed E-state index contributed by atoms with van der Waals surface area (Å²) >= 11 is 15.1. The average Bonchev–Trinajstić information content (AvgIpc) is 2.36. The second-order valence-corrected chi connectivity index (χ2v) is 5.74. The maximum absolute atomic E-state index is 12.1. The van der Waals surface area contributed by atoms with Gasteiger partial charge in [0, 0.05) is 20.1 Å². The number of carbonyl (C=O) groups excluding carboxylic acids is 1. The van der Waals surface area contributed by atoms with Crippen LogP contribution in [-0.2, 0) is 0 Å². The van der Waals surface area contributed by atoms with Crippen molar-refractivity contribution in [3.05, 3.63) is 62.0 Å². The third-order valence-corrected chi connectivity index (χ3v) is 3.91. The zero-order chi connectivity index (χ0) is 14.0. The normalized spacial score (nSPS) is 10.3. The topological polar surface area (TPSA) is 29.1 Å². The number of anilines is 1. The van der Waals surface area contributed by atoms with Gasteiger partial charge in [-0.1, -0.05) is 23.2 Å². The Morgan fingerprint density at radius 3 is 2.53 bits per heavy atom. The van der Waals surface area contributed by atoms with Gasteiger partial charge in [-0.3, -0.25) is 4.79 Å². The summed E-state index contributed by atoms with van der Waals surface area (Å²) in [4.78, 5) is 12.1. The van der Waals surface area contributed by atoms with Crippen molar-refractivity contribution in [1.82, 2.24) is 0 Å². The predicted octanol–water partition coefficient (Wildman–Crippen LogP) is 5.32. The molecule has 2 nitrogen and oxygen atoms in total. The van der Waals surface area contributed by atoms with Crippen LogP contribution in [0.3, 0.4) is 0 Å². The third kappa shape index (κ3) is 3.50. The summed E-state index contributed by atoms with van der Waals surface area (Å²) in [7, 11) is 0. The first-order valence-electron chi connectivity index (χ1n) is 5.50. The molecule has 0 heterocycles. The number of hydrogen-bond acceptors (Lipinski definition) is 1. The monoisotopic (exact) mass is 357 g/mol. The lowest BCUT2D eigenvalue weighted by Crippen LogP contribution is -2.12. The van der Waals surface area contributed by atoms with E-state index < -0.39 is 0 Å². The van der Waals surface area contributed by atoms with Crippen molar-refractivity contribution in [3.8, 4) is 0 Å². The number of benzene rings is 2. The van der Waals surface area contributed by atoms with Crippen molar-refractivity contribution < 1.29 is 4.79 Å². The fourth-order valence-corrected chi connectivity index (χ4v) is 2.47. The minimum Gasteiger partial charge on any atom is -0.321 e. The molecule has 5 heteroatoms. The molecule has 0 aliphatic heterocycles. The molecule has 0 aliphatic carbocycles. The quantitative estimate of drug-likeness (QED) is 0.773. The van der Waals surface area contributed by atoms with Gasteiger partial charge in [0.25, 0.3) is 5.91 Å². The SMILES string of the molecule is Cc1cc(C(=O)Nc2ccc(Cl)cc2Br)ccc1Cl. The number of rotatable bonds is 2. The van der Waals surface area contributed by atoms with Crippen LogP contribution in [0.15, 0.2) is 40.9 Å². The van der Waals surface area contributed by atoms with Crippen molar-refractivity contribution >= 4 is 50.7 Å². The van der Waals surface area contributed by atoms with Crippen LogP contribution in [0.25, 0.3) is 0 Å². The molecule has 1 N–H and O–H groups in total. The molecule has 1 amide bonds. The molecule has 0 spiro atoms. The van der Waals surface area contributed by atoms with E-state index in [0.29, 0.717) is 21.3 Å². The maximum Gasteiger partial charge on any atom is 0.255 e. The van der Waals surface area contributed by atoms with Crippen LogP contribution < -0.4 is 5.32 Å². The molecule has 2 aromatic rings. The van der Waals surface area contributed by atoms with Crippen LogP contribution in [-0.4, -0.2) is 5.91 Å². The molecular weight excluding hydrogens is 349 g/mol. The van der Waals surface area contributed by atoms with Crippen LogP contribution in [0.4, 0.5) is 5.69 Å². The lowest BCUT2D eigenvalue weighted by molar-refractivity contribution is 0.102. The Balaban J connectivity index is 2.23. The molecular formula is C14H10BrCl2NO. The first-order valence-corrected chi connectivity index (χ1v) is 7.05. The zero-order valence-corrected chi connectivity index (χ0v) is 13.1. The van der Waals surface area contributed by atoms with Crippen molar-refractivity contribution in [2.45, 2.75) is 6.92 Å². The molecule has 19 heavy (non-hydrogen) atoms. The molecule has 0 aromatic heterocycles. The van der Waals surface area contributed by atoms with Crippen LogP contribution in [0.1, 0.15) is 15.9 Å². The standard InChI is InChI=1S/C14H10BrCl2NO/c1-8-6-9(2-4-12(8)17)14(19)18-13-5-3-10(16)7-11(13)15/h2-7H,1H3,(H,18,19). The van der Waals surface area contributed by atoms with Crippen molar-refractivity contribution in [2.75, 3.05) is 5.32 Å². The average molecular weight is 359 g/mol. The Kier molecular flexibility index (Phi) is 4.50. The van der Waals surface area contributed by atoms with Gasteiger partial charge in [0.1, 0.15) is 0 Å². The van der Waals surface area contributed by atoms with E-state index in [1.54, 1.807) is 36.4 Å². The molecule has 0 fully saturated rings. The van der Waals surface area contributed by atoms with Crippen LogP contribution in [0.2, 0.25) is 10.0 Å². The third-order valence-electron chi connectivity index (χ3n) is 2.60. The van der Waals surface area contributed by atoms with Gasteiger partial charge in [-0.15, -0.1) is 0 Å². The molecule has 0 unspecified atom stereocenters. The molecule has 2 aromatic carbocycles. The molecule has 0 saturated heterocycles. The summed E-state index contributed by atoms with van der Waals surface area (Å²) in [5, 5.41) is 4.06. The van der Waals surface area contributed by atoms with Crippen LogP contribution in [0.5, 0.6) is 0 Å². The second kappa shape index (κ2) is 5.95. The number of hydrogen-bond donors (Lipinski definition) is 1. The number of nitrogens with one attached hydrogen (secondary N) is 1. The summed E-state index contributed by atoms with van der Waals surface area (Å²) in [5.74, 6) is -0.192. The highest BCUT2D eigenvalue weighted by atomic mass is 79.9. The first kappa shape index (κ1) is 14.4. The second-order valence-electron chi connectivity index (χ2n) is 4.04. The van der Waals surface area contributed by atoms with E-state index in [2.05, 4.69) is 21.2 Å². The Morgan fingerprint density at radius 2 is 1.89 bits per heavy atom. The summed E-state index contributed by atoms with van der Waals surface area (Å²) in [6.45, 7) is 1.86. The molecule has 0 saturated carbocycles. The van der Waals surface area contributed by atoms with E-state index in [0.717, 1.165) is 10.0 Å². The van der Waals surface area contributed by atoms with Gasteiger partial charge < -0.3 is 5.32 Å². The Bertz CT molecular complexity index is 643. The Hall–Kier alpha value is -1.03. The van der Waals surface area contributed by atoms with E-state index in [1.807, 2.05) is 6.92 Å². The molecule has 0 aliphatic rings. The highest BCUT2D eigenvalue weighted by Gasteiger charge is 2.09. The van der Waals surface area contributed by atoms with Gasteiger partial charge in [-0.25, -0.2) is 0 Å². The van der Waals surface area contributed by atoms with E-state index in [9.17, 15) is 4.79 Å². The summed E-state index contributed by atoms with van der Waals surface area (Å²) in [6.07, 6.45) is 0. The summed E-state index contributed by atoms with van der Waals surface area (Å²) < 4.78 is 0.735. The highest BCUT2D eigenvalue weighted by Crippen LogP contribution is 2.26. The summed E-state index contributed by atoms with van der Waals surface area (Å²) in [5.41, 5.74) is 2.09. The lowest BCUT2D eigenvalue weighted by Gasteiger charge is -2.08. The zero-order valence-electron chi connectivity index (χ0n) is 10.0. The number of amides is 1. The van der Waals surface area contributed by atoms with E-state index >= 15 is 0 Å². The largest absolute Gasteiger partial charge is 0.321 e. The van der Waals surface area contributed by atoms with Crippen LogP contribution in [0, 0.1) is 6.92 Å². The molecule has 0 radical (unpaired) electrons. The van der Waals surface area contributed by atoms with Gasteiger partial charge in [0.15, 0.2) is 0 Å². The highest BCUT2D eigenvalue weighted by molar-refractivity contribution is 9.10. The number of carbonyl (C=O) groups is 1. The number of halogens is 3. The van der Waals surface area contributed by atoms with Gasteiger partial charge >= 0.3 is 0 Å².